The molecule has 3 aliphatic rings. The van der Waals surface area contributed by atoms with Gasteiger partial charge in [-0.2, -0.15) is 0 Å². The number of amides is 1. The van der Waals surface area contributed by atoms with Gasteiger partial charge in [0.2, 0.25) is 5.78 Å². The first kappa shape index (κ1) is 27.5. The third-order valence-corrected chi connectivity index (χ3v) is 8.54. The molecule has 1 aromatic carbocycles. The maximum Gasteiger partial charge on any atom is 0.255 e. The van der Waals surface area contributed by atoms with Crippen molar-refractivity contribution in [3.05, 3.63) is 64.1 Å². The number of hydrogen-bond donors (Lipinski definition) is 5. The monoisotopic (exact) mass is 547 g/mol. The van der Waals surface area contributed by atoms with Crippen molar-refractivity contribution in [2.24, 2.45) is 17.6 Å². The second-order valence-corrected chi connectivity index (χ2v) is 11.1. The number of phenolic OH excluding ortho intramolecular Hbond substituents is 1. The summed E-state index contributed by atoms with van der Waals surface area (Å²) >= 11 is 0. The quantitative estimate of drug-likeness (QED) is 0.340. The molecule has 40 heavy (non-hydrogen) atoms. The van der Waals surface area contributed by atoms with Crippen LogP contribution in [0.4, 0.5) is 0 Å². The van der Waals surface area contributed by atoms with Crippen LogP contribution in [0, 0.1) is 11.8 Å². The van der Waals surface area contributed by atoms with E-state index in [0.717, 1.165) is 12.8 Å². The van der Waals surface area contributed by atoms with Crippen molar-refractivity contribution in [1.29, 1.82) is 0 Å². The molecule has 0 bridgehead atoms. The Morgan fingerprint density at radius 3 is 2.52 bits per heavy atom. The zero-order valence-electron chi connectivity index (χ0n) is 22.6. The normalized spacial score (nSPS) is 26.1. The molecule has 0 spiro atoms. The van der Waals surface area contributed by atoms with E-state index in [-0.39, 0.29) is 29.7 Å². The summed E-state index contributed by atoms with van der Waals surface area (Å²) in [4.78, 5) is 45.5. The predicted octanol–water partition coefficient (Wildman–Crippen LogP) is 2.37. The van der Waals surface area contributed by atoms with Gasteiger partial charge in [0.15, 0.2) is 11.4 Å². The van der Waals surface area contributed by atoms with E-state index in [1.165, 1.54) is 4.90 Å². The minimum Gasteiger partial charge on any atom is -0.508 e. The van der Waals surface area contributed by atoms with Crippen LogP contribution in [0.5, 0.6) is 5.75 Å². The van der Waals surface area contributed by atoms with Gasteiger partial charge in [-0.1, -0.05) is 19.4 Å². The molecule has 0 radical (unpaired) electrons. The van der Waals surface area contributed by atoms with Gasteiger partial charge in [0.1, 0.15) is 22.8 Å². The van der Waals surface area contributed by atoms with Gasteiger partial charge >= 0.3 is 0 Å². The molecule has 1 fully saturated rings. The molecule has 1 saturated carbocycles. The lowest BCUT2D eigenvalue weighted by molar-refractivity contribution is -0.153. The molecule has 5 rings (SSSR count). The number of hydrogen-bond acceptors (Lipinski definition) is 9. The molecule has 6 N–H and O–H groups in total. The van der Waals surface area contributed by atoms with E-state index < -0.39 is 58.0 Å². The molecule has 4 atom stereocenters. The largest absolute Gasteiger partial charge is 0.508 e. The van der Waals surface area contributed by atoms with Crippen LogP contribution in [-0.2, 0) is 27.2 Å². The number of carbonyl (C=O) groups excluding carboxylic acids is 3. The summed E-state index contributed by atoms with van der Waals surface area (Å²) in [6.07, 6.45) is 4.07. The summed E-state index contributed by atoms with van der Waals surface area (Å²) in [7, 11) is 3.14. The summed E-state index contributed by atoms with van der Waals surface area (Å²) in [6, 6.07) is 6.19. The molecule has 2 aromatic rings. The van der Waals surface area contributed by atoms with Crippen molar-refractivity contribution in [1.82, 2.24) is 9.88 Å². The molecule has 1 heterocycles. The Bertz CT molecular complexity index is 1490. The van der Waals surface area contributed by atoms with Crippen LogP contribution < -0.4 is 5.73 Å². The minimum absolute atomic E-state index is 0.0335. The first-order valence-electron chi connectivity index (χ1n) is 13.4. The number of primary amides is 1. The van der Waals surface area contributed by atoms with E-state index in [2.05, 4.69) is 4.98 Å². The number of aryl methyl sites for hydroxylation is 1. The zero-order chi connectivity index (χ0) is 29.1. The maximum atomic E-state index is 14.1. The molecular formula is C30H33N3O7. The number of phenols is 1. The molecule has 210 valence electrons. The van der Waals surface area contributed by atoms with Gasteiger partial charge in [0, 0.05) is 23.3 Å². The number of aliphatic hydroxyl groups excluding tert-OH is 2. The van der Waals surface area contributed by atoms with Gasteiger partial charge in [-0.15, -0.1) is 0 Å². The fourth-order valence-electron chi connectivity index (χ4n) is 6.68. The van der Waals surface area contributed by atoms with Crippen molar-refractivity contribution in [3.8, 4) is 17.0 Å². The standard InChI is InChI=1S/C30H33N3O7/c1-4-5-8-14-11-16(19-9-6-7-10-32-19)17-12-15-13-18-23(33(2)3)26(36)22(29(31)39)28(38)30(18,40)27(37)20(15)25(35)21(17)24(14)34/h6-7,9-11,15,18,23,34-35,38,40H,4-5,8,12-13H2,1-3H3,(H2,31,39)/t15-,18-,23-,30-/m0/s1. The summed E-state index contributed by atoms with van der Waals surface area (Å²) in [5.41, 5.74) is 4.35. The highest BCUT2D eigenvalue weighted by Crippen LogP contribution is 2.54. The number of likely N-dealkylation sites (N-methyl/N-ethyl adjacent to an activating group) is 1. The van der Waals surface area contributed by atoms with Crippen molar-refractivity contribution >= 4 is 23.2 Å². The van der Waals surface area contributed by atoms with Crippen LogP contribution in [0.1, 0.15) is 42.9 Å². The van der Waals surface area contributed by atoms with Gasteiger partial charge in [-0.05, 0) is 75.0 Å². The van der Waals surface area contributed by atoms with Crippen molar-refractivity contribution < 1.29 is 34.8 Å². The third-order valence-electron chi connectivity index (χ3n) is 8.54. The molecular weight excluding hydrogens is 514 g/mol. The number of Topliss-reactive ketones (excluding diaryl/α,β-unsaturated/α-hetero) is 2. The van der Waals surface area contributed by atoms with Crippen LogP contribution in [0.3, 0.4) is 0 Å². The van der Waals surface area contributed by atoms with E-state index in [1.807, 2.05) is 25.1 Å². The Balaban J connectivity index is 1.77. The number of aliphatic hydroxyl groups is 3. The number of rotatable bonds is 6. The highest BCUT2D eigenvalue weighted by molar-refractivity contribution is 6.24. The molecule has 0 aliphatic heterocycles. The highest BCUT2D eigenvalue weighted by Gasteiger charge is 2.64. The molecule has 1 aromatic heterocycles. The van der Waals surface area contributed by atoms with E-state index in [1.54, 1.807) is 26.4 Å². The van der Waals surface area contributed by atoms with Crippen molar-refractivity contribution in [2.75, 3.05) is 14.1 Å². The fourth-order valence-corrected chi connectivity index (χ4v) is 6.68. The fraction of sp³-hybridized carbons (Fsp3) is 0.400. The minimum atomic E-state index is -2.66. The summed E-state index contributed by atoms with van der Waals surface area (Å²) in [6.45, 7) is 2.02. The van der Waals surface area contributed by atoms with E-state index >= 15 is 0 Å². The zero-order valence-corrected chi connectivity index (χ0v) is 22.6. The van der Waals surface area contributed by atoms with Gasteiger partial charge < -0.3 is 26.2 Å². The number of fused-ring (bicyclic) bond motifs is 3. The van der Waals surface area contributed by atoms with E-state index in [9.17, 15) is 34.8 Å². The number of benzene rings is 1. The average molecular weight is 548 g/mol. The molecule has 3 aliphatic carbocycles. The van der Waals surface area contributed by atoms with Crippen LogP contribution in [0.25, 0.3) is 17.0 Å². The third kappa shape index (κ3) is 3.85. The van der Waals surface area contributed by atoms with E-state index in [4.69, 9.17) is 5.73 Å². The molecule has 10 heteroatoms. The van der Waals surface area contributed by atoms with Gasteiger partial charge in [0.25, 0.3) is 5.91 Å². The first-order chi connectivity index (χ1) is 18.9. The number of pyridine rings is 1. The molecule has 10 nitrogen and oxygen atoms in total. The molecule has 0 saturated heterocycles. The number of unbranched alkanes of at least 4 members (excludes halogenated alkanes) is 1. The average Bonchev–Trinajstić information content (AvgIpc) is 2.90. The summed E-state index contributed by atoms with van der Waals surface area (Å²) in [5, 5.41) is 45.8. The number of nitrogens with zero attached hydrogens (tertiary/aromatic N) is 2. The van der Waals surface area contributed by atoms with Crippen LogP contribution in [0.2, 0.25) is 0 Å². The summed E-state index contributed by atoms with van der Waals surface area (Å²) in [5.74, 6) is -6.59. The van der Waals surface area contributed by atoms with Gasteiger partial charge in [-0.3, -0.25) is 24.3 Å². The second-order valence-electron chi connectivity index (χ2n) is 11.1. The van der Waals surface area contributed by atoms with Gasteiger partial charge in [0.05, 0.1) is 17.3 Å². The smallest absolute Gasteiger partial charge is 0.255 e. The van der Waals surface area contributed by atoms with Crippen LogP contribution >= 0.6 is 0 Å². The van der Waals surface area contributed by atoms with Crippen molar-refractivity contribution in [2.45, 2.75) is 50.7 Å². The Kier molecular flexibility index (Phi) is 6.79. The predicted molar refractivity (Wildman–Crippen MR) is 146 cm³/mol. The lowest BCUT2D eigenvalue weighted by Gasteiger charge is -2.50. The Labute approximate surface area is 231 Å². The lowest BCUT2D eigenvalue weighted by Crippen LogP contribution is -2.65. The van der Waals surface area contributed by atoms with Crippen molar-refractivity contribution in [3.63, 3.8) is 0 Å². The Morgan fingerprint density at radius 2 is 1.93 bits per heavy atom. The van der Waals surface area contributed by atoms with Crippen LogP contribution in [-0.4, -0.2) is 73.5 Å². The number of nitrogens with two attached hydrogens (primary N) is 1. The number of carbonyl (C=O) groups is 3. The maximum absolute atomic E-state index is 14.1. The first-order valence-corrected chi connectivity index (χ1v) is 13.4. The highest BCUT2D eigenvalue weighted by atomic mass is 16.3. The topological polar surface area (TPSA) is 174 Å². The SMILES string of the molecule is CCCCc1cc(-c2ccccn2)c2c(c1O)C(O)=C1C(=O)[C@]3(O)C(O)=C(C(N)=O)C(=O)[C@@H](N(C)C)[C@@H]3C[C@@H]1C2. The lowest BCUT2D eigenvalue weighted by atomic mass is 9.57. The Hall–Kier alpha value is -4.02. The second kappa shape index (κ2) is 9.87. The van der Waals surface area contributed by atoms with Crippen LogP contribution in [0.15, 0.2) is 47.4 Å². The summed E-state index contributed by atoms with van der Waals surface area (Å²) < 4.78 is 0. The number of aromatic hydroxyl groups is 1. The number of ketones is 2. The molecule has 0 unspecified atom stereocenters. The number of aromatic nitrogens is 1. The molecule has 1 amide bonds. The Morgan fingerprint density at radius 1 is 1.20 bits per heavy atom. The van der Waals surface area contributed by atoms with E-state index in [0.29, 0.717) is 28.8 Å². The van der Waals surface area contributed by atoms with Gasteiger partial charge in [-0.25, -0.2) is 0 Å².